The second kappa shape index (κ2) is 3.23. The first kappa shape index (κ1) is 8.90. The van der Waals surface area contributed by atoms with Gasteiger partial charge in [-0.2, -0.15) is 0 Å². The van der Waals surface area contributed by atoms with Crippen molar-refractivity contribution in [2.24, 2.45) is 0 Å². The first-order chi connectivity index (χ1) is 6.68. The minimum atomic E-state index is -1.10. The van der Waals surface area contributed by atoms with Crippen LogP contribution in [0.15, 0.2) is 24.7 Å². The van der Waals surface area contributed by atoms with Crippen LogP contribution in [0.3, 0.4) is 0 Å². The number of carboxylic acid groups (broad SMARTS) is 1. The van der Waals surface area contributed by atoms with Crippen molar-refractivity contribution in [3.05, 3.63) is 35.2 Å². The van der Waals surface area contributed by atoms with Crippen molar-refractivity contribution in [2.45, 2.75) is 0 Å². The van der Waals surface area contributed by atoms with Gasteiger partial charge in [-0.3, -0.25) is 0 Å². The highest BCUT2D eigenvalue weighted by molar-refractivity contribution is 6.33. The molecule has 0 unspecified atom stereocenters. The van der Waals surface area contributed by atoms with Gasteiger partial charge in [-0.15, -0.1) is 0 Å². The molecule has 0 saturated carbocycles. The number of carbonyl (C=O) groups is 1. The van der Waals surface area contributed by atoms with Crippen LogP contribution in [0.25, 0.3) is 0 Å². The largest absolute Gasteiger partial charge is 0.478 e. The predicted molar refractivity (Wildman–Crippen MR) is 48.8 cm³/mol. The predicted octanol–water partition coefficient (Wildman–Crippen LogP) is 2.28. The number of benzene rings is 1. The summed E-state index contributed by atoms with van der Waals surface area (Å²) in [4.78, 5) is 10.7. The second-order valence-electron chi connectivity index (χ2n) is 2.59. The van der Waals surface area contributed by atoms with E-state index in [1.807, 2.05) is 0 Å². The minimum Gasteiger partial charge on any atom is -0.478 e. The monoisotopic (exact) mass is 212 g/mol. The summed E-state index contributed by atoms with van der Waals surface area (Å²) < 4.78 is 10.1. The second-order valence-corrected chi connectivity index (χ2v) is 3.00. The van der Waals surface area contributed by atoms with Gasteiger partial charge in [0.05, 0.1) is 10.6 Å². The molecule has 0 bridgehead atoms. The van der Waals surface area contributed by atoms with Crippen molar-refractivity contribution in [1.29, 1.82) is 0 Å². The molecule has 72 valence electrons. The van der Waals surface area contributed by atoms with E-state index in [1.54, 1.807) is 0 Å². The molecule has 2 rings (SSSR count). The maximum absolute atomic E-state index is 10.7. The molecule has 0 aromatic heterocycles. The molecule has 4 nitrogen and oxygen atoms in total. The van der Waals surface area contributed by atoms with Crippen molar-refractivity contribution in [2.75, 3.05) is 0 Å². The number of fused-ring (bicyclic) bond motifs is 1. The van der Waals surface area contributed by atoms with E-state index in [1.165, 1.54) is 24.7 Å². The topological polar surface area (TPSA) is 55.8 Å². The van der Waals surface area contributed by atoms with Crippen molar-refractivity contribution in [3.8, 4) is 11.5 Å². The standard InChI is InChI=1S/C9H5ClO4/c10-6-4-8-7(13-1-2-14-8)3-5(6)9(11)12/h1-4H,(H,11,12). The van der Waals surface area contributed by atoms with Gasteiger partial charge in [0.2, 0.25) is 0 Å². The Labute approximate surface area is 84.3 Å². The lowest BCUT2D eigenvalue weighted by Gasteiger charge is -2.13. The summed E-state index contributed by atoms with van der Waals surface area (Å²) in [6.45, 7) is 0. The zero-order valence-corrected chi connectivity index (χ0v) is 7.62. The van der Waals surface area contributed by atoms with E-state index >= 15 is 0 Å². The molecule has 1 aromatic carbocycles. The molecule has 0 fully saturated rings. The van der Waals surface area contributed by atoms with Gasteiger partial charge in [0.25, 0.3) is 0 Å². The van der Waals surface area contributed by atoms with E-state index in [9.17, 15) is 4.79 Å². The third-order valence-corrected chi connectivity index (χ3v) is 2.02. The summed E-state index contributed by atoms with van der Waals surface area (Å²) in [7, 11) is 0. The molecular formula is C9H5ClO4. The molecule has 14 heavy (non-hydrogen) atoms. The van der Waals surface area contributed by atoms with E-state index in [0.717, 1.165) is 0 Å². The summed E-state index contributed by atoms with van der Waals surface area (Å²) in [6.07, 6.45) is 2.67. The maximum atomic E-state index is 10.7. The zero-order valence-electron chi connectivity index (χ0n) is 6.86. The quantitative estimate of drug-likeness (QED) is 0.776. The van der Waals surface area contributed by atoms with E-state index < -0.39 is 5.97 Å². The van der Waals surface area contributed by atoms with Gasteiger partial charge >= 0.3 is 5.97 Å². The molecule has 1 aromatic rings. The van der Waals surface area contributed by atoms with Gasteiger partial charge in [0, 0.05) is 12.1 Å². The van der Waals surface area contributed by atoms with Crippen LogP contribution in [0.4, 0.5) is 0 Å². The van der Waals surface area contributed by atoms with Crippen LogP contribution in [-0.4, -0.2) is 11.1 Å². The highest BCUT2D eigenvalue weighted by atomic mass is 35.5. The lowest BCUT2D eigenvalue weighted by Crippen LogP contribution is -2.02. The number of hydrogen-bond donors (Lipinski definition) is 1. The lowest BCUT2D eigenvalue weighted by molar-refractivity contribution is 0.0696. The third kappa shape index (κ3) is 1.40. The smallest absolute Gasteiger partial charge is 0.337 e. The minimum absolute atomic E-state index is 0.00989. The Kier molecular flexibility index (Phi) is 2.05. The molecule has 5 heteroatoms. The highest BCUT2D eigenvalue weighted by Gasteiger charge is 2.16. The van der Waals surface area contributed by atoms with Gasteiger partial charge in [-0.05, 0) is 0 Å². The van der Waals surface area contributed by atoms with Gasteiger partial charge in [0.1, 0.15) is 12.5 Å². The molecule has 0 saturated heterocycles. The molecule has 0 amide bonds. The summed E-state index contributed by atoms with van der Waals surface area (Å²) >= 11 is 5.72. The fraction of sp³-hybridized carbons (Fsp3) is 0. The van der Waals surface area contributed by atoms with E-state index in [4.69, 9.17) is 26.2 Å². The van der Waals surface area contributed by atoms with E-state index in [2.05, 4.69) is 0 Å². The fourth-order valence-electron chi connectivity index (χ4n) is 1.09. The van der Waals surface area contributed by atoms with Crippen molar-refractivity contribution in [1.82, 2.24) is 0 Å². The lowest BCUT2D eigenvalue weighted by atomic mass is 10.2. The molecule has 1 N–H and O–H groups in total. The summed E-state index contributed by atoms with van der Waals surface area (Å²) in [5.74, 6) is -0.354. The Balaban J connectivity index is 2.53. The first-order valence-electron chi connectivity index (χ1n) is 3.73. The number of halogens is 1. The van der Waals surface area contributed by atoms with Crippen molar-refractivity contribution < 1.29 is 19.4 Å². The van der Waals surface area contributed by atoms with Gasteiger partial charge in [-0.25, -0.2) is 4.79 Å². The Morgan fingerprint density at radius 3 is 2.36 bits per heavy atom. The van der Waals surface area contributed by atoms with Crippen LogP contribution in [0.1, 0.15) is 10.4 Å². The molecule has 0 spiro atoms. The van der Waals surface area contributed by atoms with Gasteiger partial charge < -0.3 is 14.6 Å². The van der Waals surface area contributed by atoms with Crippen LogP contribution in [0.5, 0.6) is 11.5 Å². The van der Waals surface area contributed by atoms with Crippen molar-refractivity contribution >= 4 is 17.6 Å². The molecular weight excluding hydrogens is 208 g/mol. The Bertz CT molecular complexity index is 425. The maximum Gasteiger partial charge on any atom is 0.337 e. The molecule has 0 aliphatic carbocycles. The van der Waals surface area contributed by atoms with Gasteiger partial charge in [-0.1, -0.05) is 11.6 Å². The molecule has 0 radical (unpaired) electrons. The fourth-order valence-corrected chi connectivity index (χ4v) is 1.32. The van der Waals surface area contributed by atoms with Crippen LogP contribution in [0, 0.1) is 0 Å². The Morgan fingerprint density at radius 1 is 1.21 bits per heavy atom. The molecule has 1 aliphatic rings. The third-order valence-electron chi connectivity index (χ3n) is 1.71. The molecule has 1 heterocycles. The average Bonchev–Trinajstić information content (AvgIpc) is 2.16. The van der Waals surface area contributed by atoms with Gasteiger partial charge in [0.15, 0.2) is 11.5 Å². The zero-order chi connectivity index (χ0) is 10.1. The Morgan fingerprint density at radius 2 is 1.79 bits per heavy atom. The number of aromatic carboxylic acids is 1. The highest BCUT2D eigenvalue weighted by Crippen LogP contribution is 2.35. The van der Waals surface area contributed by atoms with Crippen molar-refractivity contribution in [3.63, 3.8) is 0 Å². The van der Waals surface area contributed by atoms with Crippen LogP contribution >= 0.6 is 11.6 Å². The van der Waals surface area contributed by atoms with E-state index in [-0.39, 0.29) is 10.6 Å². The normalized spacial score (nSPS) is 12.6. The first-order valence-corrected chi connectivity index (χ1v) is 4.11. The SMILES string of the molecule is O=C(O)c1cc2c(cc1Cl)OC=CO2. The molecule has 0 atom stereocenters. The number of hydrogen-bond acceptors (Lipinski definition) is 3. The Hall–Kier alpha value is -1.68. The number of ether oxygens (including phenoxy) is 2. The van der Waals surface area contributed by atoms with Crippen LogP contribution in [0.2, 0.25) is 5.02 Å². The van der Waals surface area contributed by atoms with Crippen LogP contribution in [-0.2, 0) is 0 Å². The summed E-state index contributed by atoms with van der Waals surface area (Å²) in [5.41, 5.74) is -0.00989. The van der Waals surface area contributed by atoms with Crippen LogP contribution < -0.4 is 9.47 Å². The number of rotatable bonds is 1. The van der Waals surface area contributed by atoms with E-state index in [0.29, 0.717) is 11.5 Å². The average molecular weight is 213 g/mol. The summed E-state index contributed by atoms with van der Waals surface area (Å²) in [6, 6.07) is 2.73. The summed E-state index contributed by atoms with van der Waals surface area (Å²) in [5, 5.41) is 8.89. The number of carboxylic acids is 1. The molecule has 1 aliphatic heterocycles.